The molecule has 2 aliphatic carbocycles. The first-order valence-electron chi connectivity index (χ1n) is 13.6. The Labute approximate surface area is 247 Å². The first-order valence-corrected chi connectivity index (χ1v) is 15.2. The molecule has 2 N–H and O–H groups in total. The van der Waals surface area contributed by atoms with E-state index >= 15 is 0 Å². The second-order valence-electron chi connectivity index (χ2n) is 10.3. The number of thiazole rings is 2. The lowest BCUT2D eigenvalue weighted by Gasteiger charge is -2.08. The molecule has 6 aromatic rings. The minimum absolute atomic E-state index is 0.212. The molecule has 0 aliphatic heterocycles. The Bertz CT molecular complexity index is 2090. The maximum atomic E-state index is 14.1. The second-order valence-corrected chi connectivity index (χ2v) is 12.3. The topological polar surface area (TPSA) is 74.6 Å². The van der Waals surface area contributed by atoms with Crippen LogP contribution >= 0.6 is 22.7 Å². The van der Waals surface area contributed by atoms with Crippen LogP contribution in [-0.2, 0) is 12.8 Å². The predicted molar refractivity (Wildman–Crippen MR) is 168 cm³/mol. The van der Waals surface area contributed by atoms with Crippen LogP contribution in [0.4, 0.5) is 19.0 Å². The highest BCUT2D eigenvalue weighted by Crippen LogP contribution is 2.36. The number of hydrazone groups is 2. The van der Waals surface area contributed by atoms with Gasteiger partial charge in [0.2, 0.25) is 10.3 Å². The standard InChI is InChI=1S/C32H22F2N6S2/c33-19-9-10-21-17(15-19)7-12-25(21)37-39-31-35-27-13-8-18(16-29(27)41-31)20-3-1-4-23-22(20)11-14-26(23)38-40-32-36-28-6-2-5-24(34)30(28)42-32/h1-6,8-10,13,15-16H,7,11-12,14H2,(H,35,39)(H,36,40)/b37-25-,38-26-. The van der Waals surface area contributed by atoms with E-state index in [9.17, 15) is 8.78 Å². The molecular formula is C32H22F2N6S2. The number of rotatable bonds is 5. The van der Waals surface area contributed by atoms with Gasteiger partial charge in [-0.1, -0.05) is 53.0 Å². The van der Waals surface area contributed by atoms with Crippen LogP contribution in [0.15, 0.2) is 83.0 Å². The molecule has 0 spiro atoms. The van der Waals surface area contributed by atoms with E-state index < -0.39 is 0 Å². The van der Waals surface area contributed by atoms with Crippen molar-refractivity contribution >= 4 is 64.8 Å². The average Bonchev–Trinajstić information content (AvgIpc) is 3.79. The number of benzene rings is 4. The van der Waals surface area contributed by atoms with Gasteiger partial charge in [-0.25, -0.2) is 18.7 Å². The molecule has 0 saturated carbocycles. The number of halogens is 2. The van der Waals surface area contributed by atoms with Crippen LogP contribution in [-0.4, -0.2) is 21.4 Å². The molecule has 6 nitrogen and oxygen atoms in total. The molecule has 0 atom stereocenters. The van der Waals surface area contributed by atoms with Crippen molar-refractivity contribution in [1.82, 2.24) is 9.97 Å². The van der Waals surface area contributed by atoms with Crippen LogP contribution < -0.4 is 10.9 Å². The van der Waals surface area contributed by atoms with E-state index in [1.54, 1.807) is 35.6 Å². The van der Waals surface area contributed by atoms with E-state index in [2.05, 4.69) is 56.4 Å². The van der Waals surface area contributed by atoms with Gasteiger partial charge in [0, 0.05) is 11.1 Å². The molecule has 0 unspecified atom stereocenters. The number of aryl methyl sites for hydroxylation is 1. The number of aromatic nitrogens is 2. The molecule has 0 fully saturated rings. The normalized spacial score (nSPS) is 16.0. The maximum Gasteiger partial charge on any atom is 0.204 e. The third-order valence-electron chi connectivity index (χ3n) is 7.75. The van der Waals surface area contributed by atoms with E-state index in [0.717, 1.165) is 74.7 Å². The summed E-state index contributed by atoms with van der Waals surface area (Å²) in [5.74, 6) is -0.482. The summed E-state index contributed by atoms with van der Waals surface area (Å²) in [7, 11) is 0. The maximum absolute atomic E-state index is 14.1. The molecule has 10 heteroatoms. The first kappa shape index (κ1) is 25.2. The SMILES string of the molecule is Fc1ccc2c(c1)CC/C2=N/Nc1nc2ccc(-c3cccc4c3CC/C4=N/Nc3nc4cccc(F)c4s3)cc2s1. The van der Waals surface area contributed by atoms with Gasteiger partial charge in [-0.2, -0.15) is 10.2 Å². The molecule has 206 valence electrons. The summed E-state index contributed by atoms with van der Waals surface area (Å²) < 4.78 is 29.2. The molecular weight excluding hydrogens is 571 g/mol. The third kappa shape index (κ3) is 4.43. The van der Waals surface area contributed by atoms with Crippen molar-refractivity contribution in [3.63, 3.8) is 0 Å². The number of nitrogens with zero attached hydrogens (tertiary/aromatic N) is 4. The van der Waals surface area contributed by atoms with Gasteiger partial charge in [0.15, 0.2) is 0 Å². The van der Waals surface area contributed by atoms with Crippen molar-refractivity contribution in [3.05, 3.63) is 107 Å². The average molecular weight is 593 g/mol. The van der Waals surface area contributed by atoms with Crippen LogP contribution in [0.5, 0.6) is 0 Å². The fourth-order valence-electron chi connectivity index (χ4n) is 5.78. The van der Waals surface area contributed by atoms with Gasteiger partial charge in [0.1, 0.15) is 11.6 Å². The highest BCUT2D eigenvalue weighted by molar-refractivity contribution is 7.22. The summed E-state index contributed by atoms with van der Waals surface area (Å²) in [6.45, 7) is 0. The van der Waals surface area contributed by atoms with E-state index in [-0.39, 0.29) is 11.6 Å². The first-order chi connectivity index (χ1) is 20.6. The van der Waals surface area contributed by atoms with E-state index in [1.807, 2.05) is 6.07 Å². The quantitative estimate of drug-likeness (QED) is 0.197. The Balaban J connectivity index is 1.04. The van der Waals surface area contributed by atoms with Gasteiger partial charge in [-0.05, 0) is 90.4 Å². The van der Waals surface area contributed by atoms with Crippen LogP contribution in [0.3, 0.4) is 0 Å². The fourth-order valence-corrected chi connectivity index (χ4v) is 7.44. The highest BCUT2D eigenvalue weighted by Gasteiger charge is 2.22. The lowest BCUT2D eigenvalue weighted by Crippen LogP contribution is -2.00. The van der Waals surface area contributed by atoms with Crippen molar-refractivity contribution in [2.75, 3.05) is 10.9 Å². The summed E-state index contributed by atoms with van der Waals surface area (Å²) in [4.78, 5) is 9.19. The van der Waals surface area contributed by atoms with Crippen molar-refractivity contribution in [2.45, 2.75) is 25.7 Å². The second kappa shape index (κ2) is 10.1. The number of fused-ring (bicyclic) bond motifs is 4. The molecule has 2 heterocycles. The van der Waals surface area contributed by atoms with Crippen LogP contribution in [0.1, 0.15) is 35.1 Å². The largest absolute Gasteiger partial charge is 0.252 e. The molecule has 0 saturated heterocycles. The fraction of sp³-hybridized carbons (Fsp3) is 0.125. The van der Waals surface area contributed by atoms with Crippen molar-refractivity contribution in [3.8, 4) is 11.1 Å². The number of hydrogen-bond donors (Lipinski definition) is 2. The summed E-state index contributed by atoms with van der Waals surface area (Å²) in [6, 6.07) is 22.4. The van der Waals surface area contributed by atoms with Crippen molar-refractivity contribution in [2.24, 2.45) is 10.2 Å². The molecule has 4 aromatic carbocycles. The molecule has 0 radical (unpaired) electrons. The molecule has 2 aliphatic rings. The molecule has 2 aromatic heterocycles. The molecule has 0 amide bonds. The number of nitrogens with one attached hydrogen (secondary N) is 2. The van der Waals surface area contributed by atoms with Crippen LogP contribution in [0.25, 0.3) is 31.6 Å². The predicted octanol–water partition coefficient (Wildman–Crippen LogP) is 8.38. The Morgan fingerprint density at radius 2 is 1.43 bits per heavy atom. The molecule has 0 bridgehead atoms. The smallest absolute Gasteiger partial charge is 0.204 e. The Morgan fingerprint density at radius 1 is 0.667 bits per heavy atom. The summed E-state index contributed by atoms with van der Waals surface area (Å²) in [5.41, 5.74) is 16.3. The lowest BCUT2D eigenvalue weighted by molar-refractivity contribution is 0.626. The zero-order valence-electron chi connectivity index (χ0n) is 22.1. The number of anilines is 2. The van der Waals surface area contributed by atoms with Crippen molar-refractivity contribution in [1.29, 1.82) is 0 Å². The zero-order chi connectivity index (χ0) is 28.2. The summed E-state index contributed by atoms with van der Waals surface area (Å²) in [5, 5.41) is 10.6. The minimum Gasteiger partial charge on any atom is -0.252 e. The summed E-state index contributed by atoms with van der Waals surface area (Å²) >= 11 is 2.82. The third-order valence-corrected chi connectivity index (χ3v) is 9.65. The van der Waals surface area contributed by atoms with E-state index in [1.165, 1.54) is 34.6 Å². The van der Waals surface area contributed by atoms with Gasteiger partial charge < -0.3 is 0 Å². The lowest BCUT2D eigenvalue weighted by atomic mass is 9.97. The minimum atomic E-state index is -0.270. The Morgan fingerprint density at radius 3 is 2.31 bits per heavy atom. The van der Waals surface area contributed by atoms with Gasteiger partial charge in [0.25, 0.3) is 0 Å². The summed E-state index contributed by atoms with van der Waals surface area (Å²) in [6.07, 6.45) is 3.27. The molecule has 42 heavy (non-hydrogen) atoms. The van der Waals surface area contributed by atoms with E-state index in [4.69, 9.17) is 4.98 Å². The zero-order valence-corrected chi connectivity index (χ0v) is 23.8. The van der Waals surface area contributed by atoms with E-state index in [0.29, 0.717) is 15.3 Å². The van der Waals surface area contributed by atoms with Crippen LogP contribution in [0, 0.1) is 11.6 Å². The highest BCUT2D eigenvalue weighted by atomic mass is 32.1. The Kier molecular flexibility index (Phi) is 6.04. The number of hydrogen-bond acceptors (Lipinski definition) is 8. The van der Waals surface area contributed by atoms with Gasteiger partial charge in [-0.3, -0.25) is 10.9 Å². The van der Waals surface area contributed by atoms with Crippen LogP contribution in [0.2, 0.25) is 0 Å². The van der Waals surface area contributed by atoms with Gasteiger partial charge in [-0.15, -0.1) is 0 Å². The van der Waals surface area contributed by atoms with Crippen molar-refractivity contribution < 1.29 is 8.78 Å². The molecule has 8 rings (SSSR count). The Hall–Kier alpha value is -4.54. The van der Waals surface area contributed by atoms with Gasteiger partial charge in [0.05, 0.1) is 31.9 Å². The van der Waals surface area contributed by atoms with Gasteiger partial charge >= 0.3 is 0 Å². The monoisotopic (exact) mass is 592 g/mol.